The first kappa shape index (κ1) is 32.5. The molecule has 1 aliphatic heterocycles. The fraction of sp³-hybridized carbons (Fsp3) is 0.614. The summed E-state index contributed by atoms with van der Waals surface area (Å²) in [5.74, 6) is 3.16. The van der Waals surface area contributed by atoms with Crippen molar-refractivity contribution in [2.45, 2.75) is 140 Å². The molecule has 0 radical (unpaired) electrons. The van der Waals surface area contributed by atoms with Gasteiger partial charge < -0.3 is 0 Å². The molecule has 0 aromatic heterocycles. The number of nitriles is 1. The quantitative estimate of drug-likeness (QED) is 0.270. The van der Waals surface area contributed by atoms with E-state index in [1.807, 2.05) is 0 Å². The van der Waals surface area contributed by atoms with E-state index in [1.54, 1.807) is 5.57 Å². The van der Waals surface area contributed by atoms with E-state index in [0.29, 0.717) is 36.3 Å². The molecule has 0 amide bonds. The molecule has 1 heterocycles. The van der Waals surface area contributed by atoms with Gasteiger partial charge in [0.15, 0.2) is 0 Å². The van der Waals surface area contributed by atoms with Crippen molar-refractivity contribution in [3.05, 3.63) is 82.5 Å². The van der Waals surface area contributed by atoms with Gasteiger partial charge in [-0.15, -0.1) is 0 Å². The first-order chi connectivity index (χ1) is 23.7. The molecule has 3 fully saturated rings. The van der Waals surface area contributed by atoms with E-state index >= 15 is 0 Å². The van der Waals surface area contributed by atoms with Gasteiger partial charge in [-0.1, -0.05) is 99.3 Å². The molecule has 7 atom stereocenters. The molecule has 2 saturated carbocycles. The fourth-order valence-electron chi connectivity index (χ4n) is 10.4. The topological polar surface area (TPSA) is 59.9 Å². The van der Waals surface area contributed by atoms with Crippen LogP contribution in [0.1, 0.15) is 137 Å². The molecule has 0 bridgehead atoms. The summed E-state index contributed by atoms with van der Waals surface area (Å²) >= 11 is 0. The van der Waals surface area contributed by atoms with Crippen molar-refractivity contribution < 1.29 is 0 Å². The highest BCUT2D eigenvalue weighted by Crippen LogP contribution is 2.42. The highest BCUT2D eigenvalue weighted by atomic mass is 15.4. The molecular formula is C44H58N4. The van der Waals surface area contributed by atoms with E-state index in [4.69, 9.17) is 0 Å². The van der Waals surface area contributed by atoms with Crippen molar-refractivity contribution in [2.24, 2.45) is 29.6 Å². The predicted octanol–water partition coefficient (Wildman–Crippen LogP) is 9.83. The Hall–Kier alpha value is -2.71. The SMILES string of the molecule is N#CC1C=Cc2c(C3=CCC(C4CCCCC4)C=C3)ccc(C3C=CC(C4NC(C5=CCCCC5)NC(C5CCCCC5)N4)CC3)c2C1. The summed E-state index contributed by atoms with van der Waals surface area (Å²) < 4.78 is 0. The third kappa shape index (κ3) is 6.98. The molecule has 48 heavy (non-hydrogen) atoms. The van der Waals surface area contributed by atoms with Crippen LogP contribution in [0.3, 0.4) is 0 Å². The maximum Gasteiger partial charge on any atom is 0.0818 e. The number of benzene rings is 1. The second-order valence-corrected chi connectivity index (χ2v) is 16.3. The van der Waals surface area contributed by atoms with E-state index in [2.05, 4.69) is 82.8 Å². The number of rotatable bonds is 6. The van der Waals surface area contributed by atoms with Crippen molar-refractivity contribution in [1.82, 2.24) is 16.0 Å². The monoisotopic (exact) mass is 642 g/mol. The molecule has 1 aromatic rings. The number of allylic oxidation sites excluding steroid dienone is 7. The van der Waals surface area contributed by atoms with Crippen molar-refractivity contribution in [3.63, 3.8) is 0 Å². The maximum atomic E-state index is 9.94. The zero-order valence-corrected chi connectivity index (χ0v) is 29.1. The van der Waals surface area contributed by atoms with Crippen LogP contribution in [0, 0.1) is 40.9 Å². The summed E-state index contributed by atoms with van der Waals surface area (Å²) in [7, 11) is 0. The van der Waals surface area contributed by atoms with Crippen LogP contribution in [-0.2, 0) is 6.42 Å². The van der Waals surface area contributed by atoms with Crippen LogP contribution in [0.25, 0.3) is 11.6 Å². The van der Waals surface area contributed by atoms with E-state index < -0.39 is 0 Å². The van der Waals surface area contributed by atoms with Crippen LogP contribution in [0.5, 0.6) is 0 Å². The maximum absolute atomic E-state index is 9.94. The van der Waals surface area contributed by atoms with Crippen molar-refractivity contribution >= 4 is 11.6 Å². The van der Waals surface area contributed by atoms with E-state index in [9.17, 15) is 5.26 Å². The molecule has 7 unspecified atom stereocenters. The second kappa shape index (κ2) is 15.0. The summed E-state index contributed by atoms with van der Waals surface area (Å²) in [4.78, 5) is 0. The van der Waals surface area contributed by atoms with Crippen LogP contribution in [-0.4, -0.2) is 18.5 Å². The average molecular weight is 643 g/mol. The molecule has 7 aliphatic rings. The first-order valence-electron chi connectivity index (χ1n) is 20.0. The van der Waals surface area contributed by atoms with Crippen molar-refractivity contribution in [1.29, 1.82) is 5.26 Å². The Labute approximate surface area is 290 Å². The molecule has 6 aliphatic carbocycles. The van der Waals surface area contributed by atoms with Gasteiger partial charge in [-0.05, 0) is 128 Å². The average Bonchev–Trinajstić information content (AvgIpc) is 3.18. The molecule has 1 saturated heterocycles. The molecule has 4 heteroatoms. The molecule has 254 valence electrons. The standard InChI is InChI=1S/C44H58N4/c45-29-30-16-25-40-38(33-19-17-32(18-20-33)31-10-4-1-5-11-31)26-27-39(41(40)28-30)34-21-23-37(24-22-34)44-47-42(35-12-6-2-7-13-35)46-43(48-44)36-14-8-3-9-15-36/h12,16-17,19-21,23,25-27,30-32,34,36-37,42-44,46-48H,1-11,13-15,18,22,24,28H2. The van der Waals surface area contributed by atoms with E-state index in [-0.39, 0.29) is 5.92 Å². The van der Waals surface area contributed by atoms with Crippen LogP contribution in [0.2, 0.25) is 0 Å². The van der Waals surface area contributed by atoms with Gasteiger partial charge in [0.1, 0.15) is 0 Å². The van der Waals surface area contributed by atoms with Gasteiger partial charge in [0.25, 0.3) is 0 Å². The Kier molecular flexibility index (Phi) is 10.2. The lowest BCUT2D eigenvalue weighted by Gasteiger charge is -2.46. The minimum atomic E-state index is -0.0377. The fourth-order valence-corrected chi connectivity index (χ4v) is 10.4. The largest absolute Gasteiger partial charge is 0.286 e. The molecular weight excluding hydrogens is 585 g/mol. The Balaban J connectivity index is 1.01. The lowest BCUT2D eigenvalue weighted by molar-refractivity contribution is 0.118. The zero-order valence-electron chi connectivity index (χ0n) is 29.1. The van der Waals surface area contributed by atoms with Crippen LogP contribution < -0.4 is 16.0 Å². The Morgan fingerprint density at radius 1 is 0.667 bits per heavy atom. The summed E-state index contributed by atoms with van der Waals surface area (Å²) in [6.07, 6.45) is 43.8. The number of nitrogens with zero attached hydrogens (tertiary/aromatic N) is 1. The van der Waals surface area contributed by atoms with Crippen LogP contribution in [0.4, 0.5) is 0 Å². The second-order valence-electron chi connectivity index (χ2n) is 16.3. The summed E-state index contributed by atoms with van der Waals surface area (Å²) in [5, 5.41) is 22.1. The minimum Gasteiger partial charge on any atom is -0.286 e. The highest BCUT2D eigenvalue weighted by molar-refractivity contribution is 5.83. The highest BCUT2D eigenvalue weighted by Gasteiger charge is 2.37. The van der Waals surface area contributed by atoms with Gasteiger partial charge in [-0.25, -0.2) is 0 Å². The summed E-state index contributed by atoms with van der Waals surface area (Å²) in [6, 6.07) is 7.39. The zero-order chi connectivity index (χ0) is 32.3. The van der Waals surface area contributed by atoms with E-state index in [0.717, 1.165) is 24.7 Å². The van der Waals surface area contributed by atoms with Gasteiger partial charge in [0.05, 0.1) is 30.5 Å². The Morgan fingerprint density at radius 3 is 2.19 bits per heavy atom. The van der Waals surface area contributed by atoms with E-state index in [1.165, 1.54) is 131 Å². The Morgan fingerprint density at radius 2 is 1.48 bits per heavy atom. The van der Waals surface area contributed by atoms with Gasteiger partial charge in [0.2, 0.25) is 0 Å². The summed E-state index contributed by atoms with van der Waals surface area (Å²) in [6.45, 7) is 0. The number of fused-ring (bicyclic) bond motifs is 1. The van der Waals surface area contributed by atoms with Gasteiger partial charge in [0, 0.05) is 11.8 Å². The van der Waals surface area contributed by atoms with Gasteiger partial charge in [-0.3, -0.25) is 16.0 Å². The first-order valence-corrected chi connectivity index (χ1v) is 20.0. The molecule has 1 aromatic carbocycles. The normalized spacial score (nSPS) is 34.6. The van der Waals surface area contributed by atoms with Crippen LogP contribution in [0.15, 0.2) is 60.2 Å². The third-order valence-corrected chi connectivity index (χ3v) is 13.3. The summed E-state index contributed by atoms with van der Waals surface area (Å²) in [5.41, 5.74) is 8.55. The van der Waals surface area contributed by atoms with Crippen molar-refractivity contribution in [3.8, 4) is 6.07 Å². The smallest absolute Gasteiger partial charge is 0.0818 e. The van der Waals surface area contributed by atoms with Crippen molar-refractivity contribution in [2.75, 3.05) is 0 Å². The van der Waals surface area contributed by atoms with Gasteiger partial charge >= 0.3 is 0 Å². The van der Waals surface area contributed by atoms with Crippen LogP contribution >= 0.6 is 0 Å². The number of hydrogen-bond donors (Lipinski definition) is 3. The molecule has 3 N–H and O–H groups in total. The third-order valence-electron chi connectivity index (χ3n) is 13.3. The molecule has 0 spiro atoms. The lowest BCUT2D eigenvalue weighted by Crippen LogP contribution is -2.71. The Bertz CT molecular complexity index is 1490. The minimum absolute atomic E-state index is 0.0377. The van der Waals surface area contributed by atoms with Gasteiger partial charge in [-0.2, -0.15) is 5.26 Å². The molecule has 8 rings (SSSR count). The number of nitrogens with one attached hydrogen (secondary N) is 3. The predicted molar refractivity (Wildman–Crippen MR) is 199 cm³/mol. The number of hydrogen-bond acceptors (Lipinski definition) is 4. The lowest BCUT2D eigenvalue weighted by atomic mass is 9.74. The molecule has 4 nitrogen and oxygen atoms in total.